The van der Waals surface area contributed by atoms with E-state index in [9.17, 15) is 22.7 Å². The van der Waals surface area contributed by atoms with Gasteiger partial charge in [0, 0.05) is 6.42 Å². The number of alkyl halides is 1. The number of hydrogen-bond acceptors (Lipinski definition) is 17. The lowest BCUT2D eigenvalue weighted by Gasteiger charge is -2.23. The second-order valence-electron chi connectivity index (χ2n) is 10.2. The molecular weight excluding hydrogens is 636 g/mol. The van der Waals surface area contributed by atoms with Crippen molar-refractivity contribution in [1.82, 2.24) is 44.5 Å². The van der Waals surface area contributed by atoms with Gasteiger partial charge in [-0.2, -0.15) is 18.1 Å². The molecule has 6 N–H and O–H groups in total. The zero-order valence-electron chi connectivity index (χ0n) is 22.1. The molecule has 1 unspecified atom stereocenters. The summed E-state index contributed by atoms with van der Waals surface area (Å²) in [6.45, 7) is -0.603. The first-order valence-corrected chi connectivity index (χ1v) is 16.0. The largest absolute Gasteiger partial charge is 0.472 e. The Labute approximate surface area is 244 Å². The van der Waals surface area contributed by atoms with Crippen LogP contribution < -0.4 is 17.0 Å². The van der Waals surface area contributed by atoms with Crippen molar-refractivity contribution in [3.63, 3.8) is 0 Å². The van der Waals surface area contributed by atoms with Gasteiger partial charge in [0.05, 0.1) is 30.9 Å². The number of phosphoric acid groups is 1. The highest BCUT2D eigenvalue weighted by atomic mass is 32.2. The van der Waals surface area contributed by atoms with Crippen LogP contribution in [0.4, 0.5) is 16.2 Å². The Morgan fingerprint density at radius 3 is 2.75 bits per heavy atom. The Morgan fingerprint density at radius 1 is 1.11 bits per heavy atom. The maximum Gasteiger partial charge on any atom is 0.472 e. The van der Waals surface area contributed by atoms with E-state index >= 15 is 4.39 Å². The van der Waals surface area contributed by atoms with Crippen molar-refractivity contribution in [2.75, 3.05) is 23.8 Å². The summed E-state index contributed by atoms with van der Waals surface area (Å²) < 4.78 is 84.9. The first-order valence-electron chi connectivity index (χ1n) is 12.9. The van der Waals surface area contributed by atoms with E-state index in [1.165, 1.54) is 10.9 Å². The number of nitrogens with zero attached hydrogens (tertiary/aromatic N) is 8. The summed E-state index contributed by atoms with van der Waals surface area (Å²) in [6, 6.07) is 0. The highest BCUT2D eigenvalue weighted by Crippen LogP contribution is 2.51. The number of hydrogen-bond donors (Lipinski definition) is 4. The molecule has 8 atom stereocenters. The second kappa shape index (κ2) is 10.4. The summed E-state index contributed by atoms with van der Waals surface area (Å²) in [5.74, 6) is -0.952. The number of nitrogens with one attached hydrogen (secondary N) is 1. The van der Waals surface area contributed by atoms with E-state index in [0.717, 1.165) is 11.0 Å². The van der Waals surface area contributed by atoms with Gasteiger partial charge in [0.1, 0.15) is 24.1 Å². The first-order chi connectivity index (χ1) is 20.9. The van der Waals surface area contributed by atoms with Gasteiger partial charge in [-0.05, 0) is 6.42 Å². The summed E-state index contributed by atoms with van der Waals surface area (Å²) >= 11 is 0. The van der Waals surface area contributed by atoms with Crippen molar-refractivity contribution >= 4 is 52.0 Å². The summed E-state index contributed by atoms with van der Waals surface area (Å²) in [6.07, 6.45) is -8.61. The standard InChI is InChI=1S/C20H23FN11O10PS/c21-10-13-8(40-19(10)31-6-26-11-14(22)24-5-25-15(11)31)1-2-44(36,37)42-9-3-7(4-38-43(34,35)41-13)39-18(9)32-16-12(29-30-32)17(33)28-20(23)27-16/h5-10,13,18-19H,1-4H2,(H,34,35)(H2,22,24,25)(H3,23,27,28,33)/t7-,8+,9+,10+,13+,18+,19+/m0/s1. The highest BCUT2D eigenvalue weighted by molar-refractivity contribution is 7.86. The molecule has 3 aliphatic rings. The molecule has 3 aliphatic heterocycles. The smallest absolute Gasteiger partial charge is 0.382 e. The third-order valence-electron chi connectivity index (χ3n) is 7.27. The van der Waals surface area contributed by atoms with Crippen LogP contribution in [-0.4, -0.2) is 101 Å². The topological polar surface area (TPSA) is 290 Å². The number of aromatic nitrogens is 9. The minimum absolute atomic E-state index is 0.0255. The van der Waals surface area contributed by atoms with E-state index in [4.69, 9.17) is 34.2 Å². The highest BCUT2D eigenvalue weighted by Gasteiger charge is 2.52. The number of ether oxygens (including phenoxy) is 2. The molecule has 0 aromatic carbocycles. The van der Waals surface area contributed by atoms with E-state index in [2.05, 4.69) is 35.2 Å². The van der Waals surface area contributed by atoms with Gasteiger partial charge in [-0.25, -0.2) is 23.9 Å². The molecule has 0 saturated carbocycles. The van der Waals surface area contributed by atoms with Crippen LogP contribution in [0.5, 0.6) is 0 Å². The SMILES string of the molecule is Nc1nc2c(nnn2[C@@H]2O[C@@H]3COP(=O)(O)O[C@H]4[C@@H](F)[C@H](n5cnc6c(N)ncnc65)O[C@@H]4CCS(=O)(=O)O[C@@H]2C3)c(=O)[nH]1. The molecule has 0 aliphatic carbocycles. The molecule has 0 amide bonds. The number of imidazole rings is 1. The van der Waals surface area contributed by atoms with E-state index < -0.39 is 85.3 Å². The molecule has 7 heterocycles. The number of rotatable bonds is 2. The fourth-order valence-electron chi connectivity index (χ4n) is 5.34. The van der Waals surface area contributed by atoms with Crippen LogP contribution in [0, 0.1) is 0 Å². The fourth-order valence-corrected chi connectivity index (χ4v) is 7.49. The molecule has 4 aromatic rings. The van der Waals surface area contributed by atoms with Crippen molar-refractivity contribution in [3.05, 3.63) is 23.0 Å². The quantitative estimate of drug-likeness (QED) is 0.143. The maximum absolute atomic E-state index is 15.9. The Hall–Kier alpha value is -3.70. The van der Waals surface area contributed by atoms with Gasteiger partial charge in [0.15, 0.2) is 41.3 Å². The summed E-state index contributed by atoms with van der Waals surface area (Å²) in [5.41, 5.74) is 10.7. The van der Waals surface area contributed by atoms with Crippen molar-refractivity contribution in [1.29, 1.82) is 0 Å². The molecule has 3 saturated heterocycles. The Morgan fingerprint density at radius 2 is 1.93 bits per heavy atom. The van der Waals surface area contributed by atoms with Gasteiger partial charge >= 0.3 is 7.82 Å². The predicted octanol–water partition coefficient (Wildman–Crippen LogP) is -1.34. The monoisotopic (exact) mass is 659 g/mol. The average molecular weight is 660 g/mol. The molecule has 4 aromatic heterocycles. The molecule has 7 rings (SSSR count). The van der Waals surface area contributed by atoms with Gasteiger partial charge in [-0.3, -0.25) is 27.6 Å². The summed E-state index contributed by atoms with van der Waals surface area (Å²) in [7, 11) is -9.37. The number of aromatic amines is 1. The Balaban J connectivity index is 1.19. The zero-order chi connectivity index (χ0) is 31.0. The molecule has 21 nitrogen and oxygen atoms in total. The van der Waals surface area contributed by atoms with E-state index in [0.29, 0.717) is 0 Å². The number of H-pyrrole nitrogens is 1. The Kier molecular flexibility index (Phi) is 6.89. The lowest BCUT2D eigenvalue weighted by atomic mass is 10.1. The summed E-state index contributed by atoms with van der Waals surface area (Å²) in [4.78, 5) is 41.0. The van der Waals surface area contributed by atoms with Crippen LogP contribution in [0.25, 0.3) is 22.3 Å². The molecule has 236 valence electrons. The van der Waals surface area contributed by atoms with E-state index in [-0.39, 0.29) is 40.5 Å². The van der Waals surface area contributed by atoms with Gasteiger partial charge in [-0.15, -0.1) is 5.10 Å². The lowest BCUT2D eigenvalue weighted by Crippen LogP contribution is -2.33. The molecule has 3 fully saturated rings. The number of fused-ring (bicyclic) bond motifs is 5. The number of nitrogen functional groups attached to an aromatic ring is 2. The maximum atomic E-state index is 15.9. The minimum Gasteiger partial charge on any atom is -0.382 e. The van der Waals surface area contributed by atoms with Gasteiger partial charge in [0.25, 0.3) is 15.7 Å². The van der Waals surface area contributed by atoms with Crippen molar-refractivity contribution in [2.24, 2.45) is 0 Å². The Bertz CT molecular complexity index is 1970. The average Bonchev–Trinajstić information content (AvgIpc) is 3.72. The predicted molar refractivity (Wildman–Crippen MR) is 141 cm³/mol. The summed E-state index contributed by atoms with van der Waals surface area (Å²) in [5, 5.41) is 7.62. The van der Waals surface area contributed by atoms with Gasteiger partial charge in [-0.1, -0.05) is 5.21 Å². The third kappa shape index (κ3) is 5.09. The normalized spacial score (nSPS) is 34.4. The molecule has 0 spiro atoms. The zero-order valence-corrected chi connectivity index (χ0v) is 23.8. The number of halogens is 1. The van der Waals surface area contributed by atoms with Crippen LogP contribution >= 0.6 is 7.82 Å². The lowest BCUT2D eigenvalue weighted by molar-refractivity contribution is -0.0545. The third-order valence-corrected chi connectivity index (χ3v) is 9.53. The number of anilines is 2. The second-order valence-corrected chi connectivity index (χ2v) is 13.3. The first kappa shape index (κ1) is 29.0. The molecule has 0 radical (unpaired) electrons. The fraction of sp³-hybridized carbons (Fsp3) is 0.550. The molecule has 44 heavy (non-hydrogen) atoms. The van der Waals surface area contributed by atoms with E-state index in [1.54, 1.807) is 0 Å². The minimum atomic E-state index is -4.99. The van der Waals surface area contributed by atoms with Crippen molar-refractivity contribution in [2.45, 2.75) is 55.9 Å². The molecular formula is C20H23FN11O10PS. The van der Waals surface area contributed by atoms with Crippen LogP contribution in [-0.2, 0) is 37.4 Å². The molecule has 24 heteroatoms. The number of phosphoric ester groups is 1. The van der Waals surface area contributed by atoms with Crippen molar-refractivity contribution < 1.29 is 45.0 Å². The van der Waals surface area contributed by atoms with E-state index in [1.807, 2.05) is 0 Å². The number of nitrogens with two attached hydrogens (primary N) is 2. The van der Waals surface area contributed by atoms with Gasteiger partial charge < -0.3 is 25.8 Å². The van der Waals surface area contributed by atoms with Crippen LogP contribution in [0.3, 0.4) is 0 Å². The van der Waals surface area contributed by atoms with Crippen molar-refractivity contribution in [3.8, 4) is 0 Å². The van der Waals surface area contributed by atoms with Crippen LogP contribution in [0.1, 0.15) is 25.3 Å². The van der Waals surface area contributed by atoms with Gasteiger partial charge in [0.2, 0.25) is 5.95 Å². The molecule has 2 bridgehead atoms. The van der Waals surface area contributed by atoms with Crippen LogP contribution in [0.2, 0.25) is 0 Å². The van der Waals surface area contributed by atoms with Crippen LogP contribution in [0.15, 0.2) is 17.4 Å².